The number of rotatable bonds is 5. The summed E-state index contributed by atoms with van der Waals surface area (Å²) in [6.07, 6.45) is -9.39. The lowest BCUT2D eigenvalue weighted by molar-refractivity contribution is -0.357. The lowest BCUT2D eigenvalue weighted by atomic mass is 10.0. The number of aliphatic hydroxyl groups is 5. The predicted octanol–water partition coefficient (Wildman–Crippen LogP) is -1.66. The van der Waals surface area contributed by atoms with Gasteiger partial charge in [0.2, 0.25) is 5.79 Å². The molecule has 0 spiro atoms. The summed E-state index contributed by atoms with van der Waals surface area (Å²) in [6.45, 7) is -0.526. The maximum atomic E-state index is 10.1. The summed E-state index contributed by atoms with van der Waals surface area (Å²) in [5, 5.41) is 48.1. The SMILES string of the molecule is OCC1O[C@@H](O[C@]2(CCl)O[C@H](CCl)[C@H](O)C2O)C(O)[C@H](O)[C@H]1Cl. The Morgan fingerprint density at radius 3 is 2.13 bits per heavy atom. The number of aliphatic hydroxyl groups excluding tert-OH is 5. The summed E-state index contributed by atoms with van der Waals surface area (Å²) in [7, 11) is 0. The molecule has 0 radical (unpaired) electrons. The molecule has 2 aliphatic heterocycles. The monoisotopic (exact) mass is 396 g/mol. The van der Waals surface area contributed by atoms with Gasteiger partial charge in [0.15, 0.2) is 6.29 Å². The Labute approximate surface area is 147 Å². The van der Waals surface area contributed by atoms with E-state index in [9.17, 15) is 25.5 Å². The van der Waals surface area contributed by atoms with E-state index in [0.29, 0.717) is 0 Å². The summed E-state index contributed by atoms with van der Waals surface area (Å²) in [6, 6.07) is 0. The number of ether oxygens (including phenoxy) is 3. The molecule has 11 heteroatoms. The first-order valence-corrected chi connectivity index (χ1v) is 8.42. The maximum Gasteiger partial charge on any atom is 0.214 e. The van der Waals surface area contributed by atoms with Crippen molar-refractivity contribution in [1.82, 2.24) is 0 Å². The third kappa shape index (κ3) is 3.58. The number of alkyl halides is 3. The minimum absolute atomic E-state index is 0.125. The zero-order valence-electron chi connectivity index (χ0n) is 11.8. The average Bonchev–Trinajstić information content (AvgIpc) is 2.80. The second kappa shape index (κ2) is 7.84. The van der Waals surface area contributed by atoms with E-state index in [4.69, 9.17) is 49.0 Å². The van der Waals surface area contributed by atoms with Crippen LogP contribution < -0.4 is 0 Å². The normalized spacial score (nSPS) is 51.1. The highest BCUT2D eigenvalue weighted by atomic mass is 35.5. The predicted molar refractivity (Wildman–Crippen MR) is 79.5 cm³/mol. The van der Waals surface area contributed by atoms with Crippen LogP contribution in [0.4, 0.5) is 0 Å². The van der Waals surface area contributed by atoms with Crippen molar-refractivity contribution in [2.45, 2.75) is 54.1 Å². The quantitative estimate of drug-likeness (QED) is 0.349. The lowest BCUT2D eigenvalue weighted by Gasteiger charge is -2.43. The van der Waals surface area contributed by atoms with Crippen molar-refractivity contribution in [3.8, 4) is 0 Å². The molecule has 2 aliphatic rings. The second-order valence-electron chi connectivity index (χ2n) is 5.46. The zero-order chi connectivity index (χ0) is 17.4. The first kappa shape index (κ1) is 19.9. The molecule has 0 saturated carbocycles. The molecule has 2 rings (SSSR count). The minimum Gasteiger partial charge on any atom is -0.394 e. The number of halogens is 3. The molecule has 3 unspecified atom stereocenters. The molecule has 9 atom stereocenters. The van der Waals surface area contributed by atoms with Gasteiger partial charge in [-0.15, -0.1) is 34.8 Å². The Morgan fingerprint density at radius 1 is 1.00 bits per heavy atom. The van der Waals surface area contributed by atoms with E-state index in [2.05, 4.69) is 0 Å². The van der Waals surface area contributed by atoms with Crippen LogP contribution in [-0.2, 0) is 14.2 Å². The standard InChI is InChI=1S/C12H19Cl3O8/c13-1-4-7(17)10(20)12(3-14,22-4)23-11-9(19)8(18)6(15)5(2-16)21-11/h4-11,16-20H,1-3H2/t4-,5?,6+,7+,8-,9?,10?,11+,12+/m1/s1. The molecule has 0 bridgehead atoms. The molecule has 0 aromatic carbocycles. The van der Waals surface area contributed by atoms with Crippen LogP contribution in [0.2, 0.25) is 0 Å². The molecule has 5 N–H and O–H groups in total. The van der Waals surface area contributed by atoms with Crippen molar-refractivity contribution < 1.29 is 39.7 Å². The first-order chi connectivity index (χ1) is 10.8. The number of hydrogen-bond donors (Lipinski definition) is 5. The molecule has 0 amide bonds. The zero-order valence-corrected chi connectivity index (χ0v) is 14.1. The summed E-state index contributed by atoms with van der Waals surface area (Å²) in [4.78, 5) is 0. The van der Waals surface area contributed by atoms with Gasteiger partial charge < -0.3 is 39.7 Å². The lowest BCUT2D eigenvalue weighted by Crippen LogP contribution is -2.61. The van der Waals surface area contributed by atoms with Gasteiger partial charge in [0.1, 0.15) is 36.6 Å². The van der Waals surface area contributed by atoms with E-state index in [-0.39, 0.29) is 5.88 Å². The van der Waals surface area contributed by atoms with Gasteiger partial charge >= 0.3 is 0 Å². The fourth-order valence-electron chi connectivity index (χ4n) is 2.56. The van der Waals surface area contributed by atoms with Crippen molar-refractivity contribution in [2.24, 2.45) is 0 Å². The van der Waals surface area contributed by atoms with E-state index in [0.717, 1.165) is 0 Å². The first-order valence-electron chi connectivity index (χ1n) is 6.91. The number of hydrogen-bond acceptors (Lipinski definition) is 8. The van der Waals surface area contributed by atoms with Crippen molar-refractivity contribution in [3.05, 3.63) is 0 Å². The fraction of sp³-hybridized carbons (Fsp3) is 1.00. The minimum atomic E-state index is -1.90. The van der Waals surface area contributed by atoms with Crippen LogP contribution in [0.25, 0.3) is 0 Å². The third-order valence-corrected chi connectivity index (χ3v) is 5.17. The molecule has 23 heavy (non-hydrogen) atoms. The molecule has 0 aromatic rings. The van der Waals surface area contributed by atoms with Crippen LogP contribution in [0.15, 0.2) is 0 Å². The Balaban J connectivity index is 2.18. The van der Waals surface area contributed by atoms with Crippen LogP contribution in [0, 0.1) is 0 Å². The summed E-state index contributed by atoms with van der Waals surface area (Å²) >= 11 is 17.3. The van der Waals surface area contributed by atoms with Gasteiger partial charge in [-0.1, -0.05) is 0 Å². The molecular weight excluding hydrogens is 378 g/mol. The molecule has 8 nitrogen and oxygen atoms in total. The Morgan fingerprint density at radius 2 is 1.65 bits per heavy atom. The fourth-order valence-corrected chi connectivity index (χ4v) is 3.37. The van der Waals surface area contributed by atoms with E-state index in [1.807, 2.05) is 0 Å². The van der Waals surface area contributed by atoms with Crippen molar-refractivity contribution >= 4 is 34.8 Å². The van der Waals surface area contributed by atoms with Crippen LogP contribution >= 0.6 is 34.8 Å². The van der Waals surface area contributed by atoms with Gasteiger partial charge in [-0.2, -0.15) is 0 Å². The highest BCUT2D eigenvalue weighted by molar-refractivity contribution is 6.21. The van der Waals surface area contributed by atoms with Crippen LogP contribution in [0.5, 0.6) is 0 Å². The second-order valence-corrected chi connectivity index (χ2v) is 6.54. The van der Waals surface area contributed by atoms with Gasteiger partial charge in [0.05, 0.1) is 23.7 Å². The van der Waals surface area contributed by atoms with Gasteiger partial charge in [-0.05, 0) is 0 Å². The largest absolute Gasteiger partial charge is 0.394 e. The molecule has 0 aliphatic carbocycles. The molecule has 136 valence electrons. The third-order valence-electron chi connectivity index (χ3n) is 3.96. The van der Waals surface area contributed by atoms with E-state index in [1.165, 1.54) is 0 Å². The topological polar surface area (TPSA) is 129 Å². The van der Waals surface area contributed by atoms with E-state index < -0.39 is 66.6 Å². The Kier molecular flexibility index (Phi) is 6.77. The van der Waals surface area contributed by atoms with Crippen LogP contribution in [0.1, 0.15) is 0 Å². The molecule has 2 heterocycles. The van der Waals surface area contributed by atoms with Gasteiger partial charge in [0.25, 0.3) is 0 Å². The Hall–Kier alpha value is 0.550. The maximum absolute atomic E-state index is 10.1. The molecule has 0 aromatic heterocycles. The summed E-state index contributed by atoms with van der Waals surface area (Å²) < 4.78 is 16.1. The van der Waals surface area contributed by atoms with Gasteiger partial charge in [-0.25, -0.2) is 0 Å². The summed E-state index contributed by atoms with van der Waals surface area (Å²) in [5.41, 5.74) is 0. The van der Waals surface area contributed by atoms with Crippen molar-refractivity contribution in [2.75, 3.05) is 18.4 Å². The smallest absolute Gasteiger partial charge is 0.214 e. The highest BCUT2D eigenvalue weighted by Crippen LogP contribution is 2.37. The highest BCUT2D eigenvalue weighted by Gasteiger charge is 2.58. The molecule has 2 fully saturated rings. The van der Waals surface area contributed by atoms with Crippen LogP contribution in [0.3, 0.4) is 0 Å². The average molecular weight is 398 g/mol. The van der Waals surface area contributed by atoms with E-state index in [1.54, 1.807) is 0 Å². The summed E-state index contributed by atoms with van der Waals surface area (Å²) in [5.74, 6) is -2.43. The molecular formula is C12H19Cl3O8. The molecule has 2 saturated heterocycles. The Bertz CT molecular complexity index is 403. The van der Waals surface area contributed by atoms with Crippen molar-refractivity contribution in [3.63, 3.8) is 0 Å². The van der Waals surface area contributed by atoms with E-state index >= 15 is 0 Å². The van der Waals surface area contributed by atoms with Gasteiger partial charge in [0, 0.05) is 0 Å². The van der Waals surface area contributed by atoms with Gasteiger partial charge in [-0.3, -0.25) is 0 Å². The van der Waals surface area contributed by atoms with Crippen LogP contribution in [-0.4, -0.2) is 98.0 Å². The van der Waals surface area contributed by atoms with Crippen molar-refractivity contribution in [1.29, 1.82) is 0 Å².